The fourth-order valence-corrected chi connectivity index (χ4v) is 2.69. The van der Waals surface area contributed by atoms with Gasteiger partial charge in [-0.3, -0.25) is 9.59 Å². The molecule has 2 aromatic carbocycles. The van der Waals surface area contributed by atoms with E-state index in [-0.39, 0.29) is 23.6 Å². The fourth-order valence-electron chi connectivity index (χ4n) is 2.44. The average molecular weight is 417 g/mol. The van der Waals surface area contributed by atoms with Crippen molar-refractivity contribution in [1.29, 1.82) is 0 Å². The Hall–Kier alpha value is -2.61. The SMILES string of the molecule is CC(NC(=O)CCNC(=O)c1ccc(F)cc1Cl)c1cccc(C(F)(F)F)c1. The zero-order valence-corrected chi connectivity index (χ0v) is 15.5. The lowest BCUT2D eigenvalue weighted by Crippen LogP contribution is -2.32. The van der Waals surface area contributed by atoms with E-state index in [1.165, 1.54) is 18.2 Å². The van der Waals surface area contributed by atoms with E-state index in [1.807, 2.05) is 0 Å². The first-order valence-electron chi connectivity index (χ1n) is 8.27. The van der Waals surface area contributed by atoms with Gasteiger partial charge in [-0.15, -0.1) is 0 Å². The van der Waals surface area contributed by atoms with Crippen molar-refractivity contribution >= 4 is 23.4 Å². The molecular weight excluding hydrogens is 400 g/mol. The summed E-state index contributed by atoms with van der Waals surface area (Å²) < 4.78 is 51.3. The van der Waals surface area contributed by atoms with E-state index in [2.05, 4.69) is 10.6 Å². The minimum absolute atomic E-state index is 0.0202. The molecule has 0 aliphatic heterocycles. The highest BCUT2D eigenvalue weighted by Crippen LogP contribution is 2.30. The van der Waals surface area contributed by atoms with E-state index in [0.29, 0.717) is 5.56 Å². The predicted octanol–water partition coefficient (Wildman–Crippen LogP) is 4.50. The Kier molecular flexibility index (Phi) is 7.01. The molecule has 0 saturated carbocycles. The highest BCUT2D eigenvalue weighted by molar-refractivity contribution is 6.33. The molecule has 0 bridgehead atoms. The van der Waals surface area contributed by atoms with Crippen molar-refractivity contribution < 1.29 is 27.2 Å². The largest absolute Gasteiger partial charge is 0.416 e. The Labute approximate surface area is 163 Å². The smallest absolute Gasteiger partial charge is 0.351 e. The Balaban J connectivity index is 1.86. The molecule has 2 N–H and O–H groups in total. The fraction of sp³-hybridized carbons (Fsp3) is 0.263. The molecule has 0 saturated heterocycles. The predicted molar refractivity (Wildman–Crippen MR) is 96.4 cm³/mol. The monoisotopic (exact) mass is 416 g/mol. The number of amides is 2. The van der Waals surface area contributed by atoms with Crippen LogP contribution in [-0.2, 0) is 11.0 Å². The summed E-state index contributed by atoms with van der Waals surface area (Å²) in [5.41, 5.74) is -0.416. The van der Waals surface area contributed by atoms with Crippen LogP contribution < -0.4 is 10.6 Å². The van der Waals surface area contributed by atoms with Gasteiger partial charge in [-0.1, -0.05) is 23.7 Å². The number of alkyl halides is 3. The van der Waals surface area contributed by atoms with Crippen molar-refractivity contribution in [2.45, 2.75) is 25.6 Å². The molecule has 2 aromatic rings. The van der Waals surface area contributed by atoms with E-state index in [0.717, 1.165) is 24.3 Å². The van der Waals surface area contributed by atoms with Gasteiger partial charge in [0, 0.05) is 13.0 Å². The minimum Gasteiger partial charge on any atom is -0.351 e. The Morgan fingerprint density at radius 2 is 1.86 bits per heavy atom. The molecule has 1 atom stereocenters. The molecule has 0 radical (unpaired) electrons. The number of carbonyl (C=O) groups is 2. The third-order valence-electron chi connectivity index (χ3n) is 3.90. The van der Waals surface area contributed by atoms with Crippen LogP contribution >= 0.6 is 11.6 Å². The summed E-state index contributed by atoms with van der Waals surface area (Å²) in [4.78, 5) is 24.0. The van der Waals surface area contributed by atoms with Crippen molar-refractivity contribution in [3.63, 3.8) is 0 Å². The molecule has 150 valence electrons. The number of hydrogen-bond acceptors (Lipinski definition) is 2. The van der Waals surface area contributed by atoms with Gasteiger partial charge in [0.05, 0.1) is 22.2 Å². The van der Waals surface area contributed by atoms with Gasteiger partial charge in [-0.2, -0.15) is 13.2 Å². The lowest BCUT2D eigenvalue weighted by atomic mass is 10.0. The number of hydrogen-bond donors (Lipinski definition) is 2. The van der Waals surface area contributed by atoms with Crippen molar-refractivity contribution in [2.75, 3.05) is 6.54 Å². The summed E-state index contributed by atoms with van der Waals surface area (Å²) in [6.45, 7) is 1.54. The molecule has 0 aliphatic carbocycles. The second kappa shape index (κ2) is 9.05. The Morgan fingerprint density at radius 1 is 1.14 bits per heavy atom. The minimum atomic E-state index is -4.47. The van der Waals surface area contributed by atoms with E-state index in [9.17, 15) is 27.2 Å². The zero-order chi connectivity index (χ0) is 20.9. The van der Waals surface area contributed by atoms with Gasteiger partial charge >= 0.3 is 6.18 Å². The van der Waals surface area contributed by atoms with Gasteiger partial charge in [0.25, 0.3) is 5.91 Å². The maximum Gasteiger partial charge on any atom is 0.416 e. The molecule has 9 heteroatoms. The standard InChI is InChI=1S/C19H17ClF4N2O2/c1-11(12-3-2-4-13(9-12)19(22,23)24)26-17(27)7-8-25-18(28)15-6-5-14(21)10-16(15)20/h2-6,9-11H,7-8H2,1H3,(H,25,28)(H,26,27). The van der Waals surface area contributed by atoms with Crippen molar-refractivity contribution in [1.82, 2.24) is 10.6 Å². The van der Waals surface area contributed by atoms with E-state index in [1.54, 1.807) is 6.92 Å². The van der Waals surface area contributed by atoms with Crippen LogP contribution in [0.4, 0.5) is 17.6 Å². The van der Waals surface area contributed by atoms with Crippen LogP contribution in [0.25, 0.3) is 0 Å². The molecule has 0 heterocycles. The van der Waals surface area contributed by atoms with Gasteiger partial charge in [0.15, 0.2) is 0 Å². The number of rotatable bonds is 6. The van der Waals surface area contributed by atoms with Gasteiger partial charge in [0.1, 0.15) is 5.82 Å². The summed E-state index contributed by atoms with van der Waals surface area (Å²) in [5, 5.41) is 5.00. The van der Waals surface area contributed by atoms with Crippen LogP contribution in [0.5, 0.6) is 0 Å². The van der Waals surface area contributed by atoms with E-state index in [4.69, 9.17) is 11.6 Å². The summed E-state index contributed by atoms with van der Waals surface area (Å²) >= 11 is 5.79. The highest BCUT2D eigenvalue weighted by atomic mass is 35.5. The molecule has 0 aromatic heterocycles. The Bertz CT molecular complexity index is 871. The lowest BCUT2D eigenvalue weighted by molar-refractivity contribution is -0.137. The molecule has 2 rings (SSSR count). The summed E-state index contributed by atoms with van der Waals surface area (Å²) in [7, 11) is 0. The molecule has 0 spiro atoms. The van der Waals surface area contributed by atoms with E-state index >= 15 is 0 Å². The van der Waals surface area contributed by atoms with Gasteiger partial charge in [-0.25, -0.2) is 4.39 Å². The zero-order valence-electron chi connectivity index (χ0n) is 14.7. The van der Waals surface area contributed by atoms with E-state index < -0.39 is 35.4 Å². The first-order chi connectivity index (χ1) is 13.1. The van der Waals surface area contributed by atoms with Crippen molar-refractivity contribution in [3.8, 4) is 0 Å². The number of carbonyl (C=O) groups excluding carboxylic acids is 2. The quantitative estimate of drug-likeness (QED) is 0.681. The van der Waals surface area contributed by atoms with Crippen molar-refractivity contribution in [2.24, 2.45) is 0 Å². The van der Waals surface area contributed by atoms with Crippen LogP contribution in [0, 0.1) is 5.82 Å². The first kappa shape index (κ1) is 21.7. The molecule has 0 aliphatic rings. The highest BCUT2D eigenvalue weighted by Gasteiger charge is 2.30. The van der Waals surface area contributed by atoms with Crippen LogP contribution in [-0.4, -0.2) is 18.4 Å². The topological polar surface area (TPSA) is 58.2 Å². The Morgan fingerprint density at radius 3 is 2.50 bits per heavy atom. The second-order valence-electron chi connectivity index (χ2n) is 6.04. The summed E-state index contributed by atoms with van der Waals surface area (Å²) in [5.74, 6) is -1.59. The van der Waals surface area contributed by atoms with Crippen LogP contribution in [0.2, 0.25) is 5.02 Å². The average Bonchev–Trinajstić information content (AvgIpc) is 2.60. The third kappa shape index (κ3) is 5.95. The lowest BCUT2D eigenvalue weighted by Gasteiger charge is -2.16. The first-order valence-corrected chi connectivity index (χ1v) is 8.65. The van der Waals surface area contributed by atoms with Crippen LogP contribution in [0.1, 0.15) is 40.9 Å². The molecule has 2 amide bonds. The summed E-state index contributed by atoms with van der Waals surface area (Å²) in [6.07, 6.45) is -4.56. The van der Waals surface area contributed by atoms with Gasteiger partial charge < -0.3 is 10.6 Å². The number of benzene rings is 2. The van der Waals surface area contributed by atoms with Gasteiger partial charge in [0.2, 0.25) is 5.91 Å². The normalized spacial score (nSPS) is 12.4. The maximum absolute atomic E-state index is 13.0. The number of nitrogens with one attached hydrogen (secondary N) is 2. The molecule has 28 heavy (non-hydrogen) atoms. The molecule has 0 fully saturated rings. The molecular formula is C19H17ClF4N2O2. The van der Waals surface area contributed by atoms with Crippen LogP contribution in [0.15, 0.2) is 42.5 Å². The molecule has 1 unspecified atom stereocenters. The molecule has 4 nitrogen and oxygen atoms in total. The van der Waals surface area contributed by atoms with Crippen LogP contribution in [0.3, 0.4) is 0 Å². The van der Waals surface area contributed by atoms with Gasteiger partial charge in [-0.05, 0) is 42.8 Å². The number of halogens is 5. The van der Waals surface area contributed by atoms with Crippen molar-refractivity contribution in [3.05, 3.63) is 70.0 Å². The second-order valence-corrected chi connectivity index (χ2v) is 6.45. The third-order valence-corrected chi connectivity index (χ3v) is 4.22. The summed E-state index contributed by atoms with van der Waals surface area (Å²) in [6, 6.07) is 7.35. The maximum atomic E-state index is 13.0.